The smallest absolute Gasteiger partial charge is 0.472 e. The van der Waals surface area contributed by atoms with Crippen LogP contribution in [0.5, 0.6) is 17.2 Å². The van der Waals surface area contributed by atoms with E-state index < -0.39 is 143 Å². The number of unbranched alkanes of at least 4 members (excludes halogenated alkanes) is 11. The summed E-state index contributed by atoms with van der Waals surface area (Å²) >= 11 is 0.561. The number of carbonyl (C=O) groups is 7. The molecule has 4 fully saturated rings. The number of halogens is 2. The second-order valence-corrected chi connectivity index (χ2v) is 32.7. The van der Waals surface area contributed by atoms with Gasteiger partial charge in [0.1, 0.15) is 78.4 Å². The second kappa shape index (κ2) is 40.4. The van der Waals surface area contributed by atoms with Crippen LogP contribution in [-0.2, 0) is 82.5 Å². The zero-order valence-corrected chi connectivity index (χ0v) is 64.2. The number of nitrogens with zero attached hydrogens (tertiary/aromatic N) is 6. The number of anilines is 2. The third-order valence-corrected chi connectivity index (χ3v) is 23.6. The minimum Gasteiger partial charge on any atom is -0.494 e. The number of imide groups is 1. The standard InChI is InChI=1S/C72H87F2N11O27P2S/c73-55-61-49(108-67(55)85-40-80-57-64(75)78-39-79-65(57)85)37-105-114(101,112-62-48(36-104-113(99,100)111-61)107-66(56(62)74)84-32-28-52(88)82-71(84)97)115-38-41-15-20-45(21-16-41)106-69(96)43-18-22-44(23-19-43)102-33-13-8-6-4-2-1-3-5-7-11-29-77-72(98)103-35-42-17-24-47(109-70-60(93)58(91)59(92)63(110-70)68(94)95)46(34-42)81-51(87)27-30-76-50(86)14-10-9-12-31-83-53(89)25-26-54(83)90/h15-26,28,32,34,39-40,48-49,55-56,58-63,66-67,70,91-93H,1-14,27,29-31,33,35-38H2,(H,76,86)(H,77,98)(H,81,87)(H,94,95)(H,99,100)(H2,75,78,79)(H,82,88,97)/t48-,49-,55-,56-,58-,59-,60+,61-,62-,63-,66-,67-,70+,114?/m1/s1. The molecule has 3 aromatic heterocycles. The molecule has 622 valence electrons. The Labute approximate surface area is 657 Å². The molecule has 11 N–H and O–H groups in total. The molecule has 15 atom stereocenters. The zero-order valence-electron chi connectivity index (χ0n) is 61.6. The second-order valence-electron chi connectivity index (χ2n) is 27.3. The van der Waals surface area contributed by atoms with Gasteiger partial charge in [0.2, 0.25) is 18.1 Å². The topological polar surface area (TPSA) is 520 Å². The number of nitrogen functional groups attached to an aromatic ring is 1. The van der Waals surface area contributed by atoms with Gasteiger partial charge in [-0.1, -0.05) is 76.0 Å². The number of benzene rings is 3. The summed E-state index contributed by atoms with van der Waals surface area (Å²) in [6.45, 7) is -5.84. The molecule has 43 heteroatoms. The number of amides is 5. The Bertz CT molecular complexity index is 4650. The molecular weight excluding hydrogens is 1580 g/mol. The quantitative estimate of drug-likeness (QED) is 0.00707. The van der Waals surface area contributed by atoms with Crippen molar-refractivity contribution in [3.8, 4) is 17.2 Å². The van der Waals surface area contributed by atoms with Crippen LogP contribution in [0.4, 0.5) is 25.1 Å². The van der Waals surface area contributed by atoms with E-state index in [2.05, 4.69) is 30.9 Å². The SMILES string of the molecule is Nc1ncnc2c1ncn2[C@@H]1O[C@@H]2COP(=O)(SCc3ccc(OC(=O)c4ccc(OCCCCCCCCCCCCNC(=O)OCc5ccc(O[C@H]6O[C@@H](C(=O)O)[C@H](O)[C@@H](O)[C@@H]6O)c(NC(=O)CCNC(=O)CCCCCN6C(=O)C=CC6=O)c5)cc4)cc3)O[C@H]3[C@@H](F)[C@H](n4ccc(=O)[nH]c4=O)O[C@@H]3COP(=O)(O)O[C@H]2[C@H]1F. The van der Waals surface area contributed by atoms with Crippen LogP contribution >= 0.6 is 26.0 Å². The molecule has 0 spiro atoms. The molecule has 8 heterocycles. The van der Waals surface area contributed by atoms with Gasteiger partial charge in [0, 0.05) is 62.6 Å². The first kappa shape index (κ1) is 86.4. The molecule has 5 aliphatic heterocycles. The highest BCUT2D eigenvalue weighted by molar-refractivity contribution is 8.54. The Hall–Kier alpha value is -9.45. The molecule has 5 amide bonds. The number of phosphoric ester groups is 1. The molecule has 0 aliphatic carbocycles. The van der Waals surface area contributed by atoms with Crippen molar-refractivity contribution in [2.75, 3.05) is 50.5 Å². The van der Waals surface area contributed by atoms with E-state index in [0.29, 0.717) is 71.7 Å². The van der Waals surface area contributed by atoms with Crippen molar-refractivity contribution in [2.24, 2.45) is 0 Å². The maximum Gasteiger partial charge on any atom is 0.472 e. The molecule has 38 nitrogen and oxygen atoms in total. The number of phosphoric acid groups is 1. The van der Waals surface area contributed by atoms with E-state index in [0.717, 1.165) is 92.2 Å². The lowest BCUT2D eigenvalue weighted by Gasteiger charge is -2.38. The number of carbonyl (C=O) groups excluding carboxylic acids is 6. The largest absolute Gasteiger partial charge is 0.494 e. The minimum absolute atomic E-state index is 0.0247. The van der Waals surface area contributed by atoms with Crippen LogP contribution in [0.15, 0.2) is 113 Å². The molecule has 2 unspecified atom stereocenters. The monoisotopic (exact) mass is 1670 g/mol. The van der Waals surface area contributed by atoms with Gasteiger partial charge in [0.05, 0.1) is 37.4 Å². The van der Waals surface area contributed by atoms with Crippen molar-refractivity contribution in [3.63, 3.8) is 0 Å². The number of hydrogen-bond donors (Lipinski definition) is 10. The first-order valence-electron chi connectivity index (χ1n) is 37.0. The lowest BCUT2D eigenvalue weighted by atomic mass is 9.99. The number of aliphatic hydroxyl groups excluding tert-OH is 3. The van der Waals surface area contributed by atoms with Gasteiger partial charge < -0.3 is 80.2 Å². The van der Waals surface area contributed by atoms with Crippen molar-refractivity contribution in [1.29, 1.82) is 0 Å². The number of nitrogens with two attached hydrogens (primary N) is 1. The minimum atomic E-state index is -5.29. The Morgan fingerprint density at radius 2 is 1.32 bits per heavy atom. The Kier molecular flexibility index (Phi) is 30.4. The molecule has 4 saturated heterocycles. The number of nitrogens with one attached hydrogen (secondary N) is 4. The molecule has 0 bridgehead atoms. The lowest BCUT2D eigenvalue weighted by molar-refractivity contribution is -0.271. The maximum atomic E-state index is 16.7. The van der Waals surface area contributed by atoms with Crippen molar-refractivity contribution < 1.29 is 128 Å². The highest BCUT2D eigenvalue weighted by Crippen LogP contribution is 2.65. The zero-order chi connectivity index (χ0) is 81.9. The summed E-state index contributed by atoms with van der Waals surface area (Å²) in [4.78, 5) is 138. The van der Waals surface area contributed by atoms with Crippen LogP contribution in [0.1, 0.15) is 130 Å². The van der Waals surface area contributed by atoms with Crippen LogP contribution < -0.4 is 47.1 Å². The predicted octanol–water partition coefficient (Wildman–Crippen LogP) is 6.02. The molecule has 0 radical (unpaired) electrons. The number of H-pyrrole nitrogens is 1. The normalized spacial score (nSPS) is 26.1. The maximum absolute atomic E-state index is 16.7. The van der Waals surface area contributed by atoms with E-state index in [1.807, 2.05) is 4.98 Å². The van der Waals surface area contributed by atoms with Crippen LogP contribution in [0.3, 0.4) is 0 Å². The number of hydrogen-bond acceptors (Lipinski definition) is 30. The molecule has 0 saturated carbocycles. The van der Waals surface area contributed by atoms with Gasteiger partial charge in [-0.15, -0.1) is 0 Å². The van der Waals surface area contributed by atoms with E-state index in [9.17, 15) is 73.0 Å². The van der Waals surface area contributed by atoms with E-state index in [-0.39, 0.29) is 95.7 Å². The molecule has 6 aromatic rings. The first-order chi connectivity index (χ1) is 55.2. The van der Waals surface area contributed by atoms with Crippen LogP contribution in [0.2, 0.25) is 0 Å². The Morgan fingerprint density at radius 1 is 0.678 bits per heavy atom. The summed E-state index contributed by atoms with van der Waals surface area (Å²) in [5.41, 5.74) is 5.21. The fraction of sp³-hybridized carbons (Fsp3) is 0.500. The summed E-state index contributed by atoms with van der Waals surface area (Å²) in [7, 11) is -5.29. The van der Waals surface area contributed by atoms with Crippen molar-refractivity contribution in [3.05, 3.63) is 141 Å². The average Bonchev–Trinajstić information content (AvgIpc) is 1.64. The summed E-state index contributed by atoms with van der Waals surface area (Å²) < 4.78 is 126. The first-order valence-corrected chi connectivity index (χ1v) is 41.7. The number of carboxylic acid groups (broad SMARTS) is 1. The van der Waals surface area contributed by atoms with Crippen LogP contribution in [-0.4, -0.2) is 208 Å². The number of aliphatic hydroxyl groups is 3. The summed E-state index contributed by atoms with van der Waals surface area (Å²) in [6, 6.07) is 17.6. The van der Waals surface area contributed by atoms with Gasteiger partial charge >= 0.3 is 38.3 Å². The number of fused-ring (bicyclic) bond motifs is 3. The number of aliphatic carboxylic acids is 1. The predicted molar refractivity (Wildman–Crippen MR) is 399 cm³/mol. The summed E-state index contributed by atoms with van der Waals surface area (Å²) in [6.07, 6.45) is -9.17. The third kappa shape index (κ3) is 23.4. The van der Waals surface area contributed by atoms with Gasteiger partial charge in [-0.3, -0.25) is 61.1 Å². The number of imidazole rings is 1. The number of aromatic nitrogens is 6. The Balaban J connectivity index is 0.563. The molecule has 3 aromatic carbocycles. The fourth-order valence-corrected chi connectivity index (χ4v) is 17.2. The Morgan fingerprint density at radius 3 is 2.02 bits per heavy atom. The van der Waals surface area contributed by atoms with E-state index in [1.54, 1.807) is 36.4 Å². The van der Waals surface area contributed by atoms with Gasteiger partial charge in [-0.05, 0) is 96.7 Å². The number of rotatable bonds is 36. The highest BCUT2D eigenvalue weighted by Gasteiger charge is 2.56. The highest BCUT2D eigenvalue weighted by atomic mass is 32.7. The van der Waals surface area contributed by atoms with E-state index in [4.69, 9.17) is 57.0 Å². The van der Waals surface area contributed by atoms with E-state index >= 15 is 13.3 Å². The number of esters is 1. The number of aromatic amines is 1. The summed E-state index contributed by atoms with van der Waals surface area (Å²) in [5, 5.41) is 48.7. The number of alkyl carbamates (subject to hydrolysis) is 1. The lowest BCUT2D eigenvalue weighted by Crippen LogP contribution is -2.61. The van der Waals surface area contributed by atoms with Crippen molar-refractivity contribution in [2.45, 2.75) is 189 Å². The molecule has 115 heavy (non-hydrogen) atoms. The summed E-state index contributed by atoms with van der Waals surface area (Å²) in [5.74, 6) is -3.67. The van der Waals surface area contributed by atoms with Crippen molar-refractivity contribution >= 4 is 90.3 Å². The van der Waals surface area contributed by atoms with Crippen LogP contribution in [0, 0.1) is 0 Å². The van der Waals surface area contributed by atoms with Gasteiger partial charge in [0.15, 0.2) is 42.4 Å². The van der Waals surface area contributed by atoms with Gasteiger partial charge in [0.25, 0.3) is 17.4 Å². The van der Waals surface area contributed by atoms with Crippen LogP contribution in [0.25, 0.3) is 11.2 Å². The number of ether oxygens (including phenoxy) is 7. The molecule has 11 rings (SSSR count). The van der Waals surface area contributed by atoms with Crippen molar-refractivity contribution in [1.82, 2.24) is 44.6 Å². The number of carboxylic acids is 1. The molecular formula is C72H87F2N11O27P2S. The number of alkyl halides is 2. The molecule has 5 aliphatic rings. The van der Waals surface area contributed by atoms with E-state index in [1.165, 1.54) is 42.5 Å². The van der Waals surface area contributed by atoms with Gasteiger partial charge in [-0.2, -0.15) is 0 Å². The third-order valence-electron chi connectivity index (χ3n) is 19.0. The fourth-order valence-electron chi connectivity index (χ4n) is 12.8. The average molecular weight is 1670 g/mol. The van der Waals surface area contributed by atoms with Gasteiger partial charge in [-0.25, -0.2) is 52.0 Å².